The highest BCUT2D eigenvalue weighted by molar-refractivity contribution is 9.10. The number of terminal acetylenes is 1. The quantitative estimate of drug-likeness (QED) is 0.524. The van der Waals surface area contributed by atoms with Crippen LogP contribution in [-0.4, -0.2) is 18.7 Å². The average Bonchev–Trinajstić information content (AvgIpc) is 2.27. The smallest absolute Gasteiger partial charge is 0.236 e. The second-order valence-electron chi connectivity index (χ2n) is 3.11. The van der Waals surface area contributed by atoms with E-state index in [9.17, 15) is 4.79 Å². The van der Waals surface area contributed by atoms with E-state index in [0.717, 1.165) is 10.0 Å². The first-order chi connectivity index (χ1) is 8.13. The molecule has 88 valence electrons. The van der Waals surface area contributed by atoms with E-state index in [1.807, 2.05) is 12.1 Å². The van der Waals surface area contributed by atoms with Crippen molar-refractivity contribution in [3.05, 3.63) is 28.2 Å². The Morgan fingerprint density at radius 1 is 1.71 bits per heavy atom. The molecular weight excluding hydrogens is 284 g/mol. The zero-order chi connectivity index (χ0) is 12.7. The van der Waals surface area contributed by atoms with Gasteiger partial charge in [-0.05, 0) is 39.7 Å². The number of benzene rings is 1. The van der Waals surface area contributed by atoms with Crippen LogP contribution < -0.4 is 10.2 Å². The maximum absolute atomic E-state index is 10.6. The van der Waals surface area contributed by atoms with Crippen LogP contribution in [0.3, 0.4) is 0 Å². The van der Waals surface area contributed by atoms with Gasteiger partial charge in [0.15, 0.2) is 0 Å². The summed E-state index contributed by atoms with van der Waals surface area (Å²) in [5.74, 6) is 2.84. The maximum Gasteiger partial charge on any atom is 0.236 e. The van der Waals surface area contributed by atoms with Gasteiger partial charge in [0.25, 0.3) is 0 Å². The standard InChI is InChI=1S/C12H11BrN2O2/c1-3-6-17-12-5-4-10(7-11(12)13)8-14-15-9(2)16/h1,4-5,7-8H,6H2,2H3,(H,15,16)/b14-8-. The van der Waals surface area contributed by atoms with Gasteiger partial charge < -0.3 is 4.74 Å². The van der Waals surface area contributed by atoms with Crippen LogP contribution in [-0.2, 0) is 4.79 Å². The minimum absolute atomic E-state index is 0.214. The Hall–Kier alpha value is -1.80. The summed E-state index contributed by atoms with van der Waals surface area (Å²) in [7, 11) is 0. The fraction of sp³-hybridized carbons (Fsp3) is 0.167. The number of hydrazone groups is 1. The number of rotatable bonds is 4. The summed E-state index contributed by atoms with van der Waals surface area (Å²) in [4.78, 5) is 10.6. The molecule has 5 heteroatoms. The number of hydrogen-bond acceptors (Lipinski definition) is 3. The Morgan fingerprint density at radius 3 is 3.06 bits per heavy atom. The summed E-state index contributed by atoms with van der Waals surface area (Å²) in [5.41, 5.74) is 3.15. The predicted molar refractivity (Wildman–Crippen MR) is 69.9 cm³/mol. The first-order valence-electron chi connectivity index (χ1n) is 4.79. The molecule has 1 aromatic rings. The summed E-state index contributed by atoms with van der Waals surface area (Å²) < 4.78 is 6.06. The number of amides is 1. The Labute approximate surface area is 108 Å². The zero-order valence-electron chi connectivity index (χ0n) is 9.24. The molecule has 0 radical (unpaired) electrons. The van der Waals surface area contributed by atoms with Crippen LogP contribution in [0.5, 0.6) is 5.75 Å². The fourth-order valence-electron chi connectivity index (χ4n) is 1.03. The molecule has 0 fully saturated rings. The Morgan fingerprint density at radius 2 is 2.47 bits per heavy atom. The third-order valence-electron chi connectivity index (χ3n) is 1.70. The van der Waals surface area contributed by atoms with Crippen molar-refractivity contribution >= 4 is 28.1 Å². The van der Waals surface area contributed by atoms with Gasteiger partial charge in [0.1, 0.15) is 12.4 Å². The van der Waals surface area contributed by atoms with Crippen LogP contribution in [0.15, 0.2) is 27.8 Å². The molecule has 0 unspecified atom stereocenters. The number of hydrogen-bond donors (Lipinski definition) is 1. The van der Waals surface area contributed by atoms with Crippen LogP contribution in [0.2, 0.25) is 0 Å². The highest BCUT2D eigenvalue weighted by Crippen LogP contribution is 2.25. The maximum atomic E-state index is 10.6. The van der Waals surface area contributed by atoms with E-state index < -0.39 is 0 Å². The lowest BCUT2D eigenvalue weighted by molar-refractivity contribution is -0.118. The van der Waals surface area contributed by atoms with E-state index in [2.05, 4.69) is 32.4 Å². The minimum atomic E-state index is -0.214. The summed E-state index contributed by atoms with van der Waals surface area (Å²) in [5, 5.41) is 3.76. The van der Waals surface area contributed by atoms with Gasteiger partial charge in [-0.15, -0.1) is 6.42 Å². The lowest BCUT2D eigenvalue weighted by Gasteiger charge is -2.05. The Kier molecular flexibility index (Phi) is 5.24. The van der Waals surface area contributed by atoms with Gasteiger partial charge in [-0.3, -0.25) is 4.79 Å². The topological polar surface area (TPSA) is 50.7 Å². The number of halogens is 1. The lowest BCUT2D eigenvalue weighted by Crippen LogP contribution is -2.12. The van der Waals surface area contributed by atoms with Crippen molar-refractivity contribution in [2.24, 2.45) is 5.10 Å². The molecule has 0 aliphatic rings. The van der Waals surface area contributed by atoms with Gasteiger partial charge in [-0.2, -0.15) is 5.10 Å². The minimum Gasteiger partial charge on any atom is -0.480 e. The third-order valence-corrected chi connectivity index (χ3v) is 2.32. The van der Waals surface area contributed by atoms with Crippen LogP contribution >= 0.6 is 15.9 Å². The molecule has 1 amide bonds. The molecule has 0 saturated carbocycles. The molecule has 17 heavy (non-hydrogen) atoms. The molecule has 0 saturated heterocycles. The first-order valence-corrected chi connectivity index (χ1v) is 5.58. The van der Waals surface area contributed by atoms with Gasteiger partial charge in [0, 0.05) is 6.92 Å². The number of ether oxygens (including phenoxy) is 1. The van der Waals surface area contributed by atoms with E-state index in [1.54, 1.807) is 6.07 Å². The SMILES string of the molecule is C#CCOc1ccc(/C=N\NC(C)=O)cc1Br. The molecule has 0 aromatic heterocycles. The number of carbonyl (C=O) groups is 1. The Bertz CT molecular complexity index is 478. The third kappa shape index (κ3) is 4.70. The van der Waals surface area contributed by atoms with Crippen LogP contribution in [0.1, 0.15) is 12.5 Å². The van der Waals surface area contributed by atoms with E-state index in [4.69, 9.17) is 11.2 Å². The van der Waals surface area contributed by atoms with E-state index in [0.29, 0.717) is 5.75 Å². The summed E-state index contributed by atoms with van der Waals surface area (Å²) in [6.45, 7) is 1.61. The Balaban J connectivity index is 2.72. The normalized spacial score (nSPS) is 9.94. The van der Waals surface area contributed by atoms with Gasteiger partial charge in [-0.25, -0.2) is 5.43 Å². The molecule has 0 spiro atoms. The molecule has 4 nitrogen and oxygen atoms in total. The molecule has 0 bridgehead atoms. The van der Waals surface area contributed by atoms with Crippen molar-refractivity contribution < 1.29 is 9.53 Å². The highest BCUT2D eigenvalue weighted by Gasteiger charge is 2.00. The van der Waals surface area contributed by atoms with E-state index in [1.165, 1.54) is 13.1 Å². The molecular formula is C12H11BrN2O2. The molecule has 0 atom stereocenters. The summed E-state index contributed by atoms with van der Waals surface area (Å²) >= 11 is 3.36. The van der Waals surface area contributed by atoms with E-state index >= 15 is 0 Å². The molecule has 0 heterocycles. The molecule has 0 aliphatic heterocycles. The monoisotopic (exact) mass is 294 g/mol. The molecule has 0 aliphatic carbocycles. The number of nitrogens with zero attached hydrogens (tertiary/aromatic N) is 1. The largest absolute Gasteiger partial charge is 0.480 e. The van der Waals surface area contributed by atoms with Gasteiger partial charge in [0.2, 0.25) is 5.91 Å². The highest BCUT2D eigenvalue weighted by atomic mass is 79.9. The number of nitrogens with one attached hydrogen (secondary N) is 1. The van der Waals surface area contributed by atoms with Gasteiger partial charge in [0.05, 0.1) is 10.7 Å². The van der Waals surface area contributed by atoms with Crippen molar-refractivity contribution in [1.29, 1.82) is 0 Å². The van der Waals surface area contributed by atoms with Crippen molar-refractivity contribution in [2.45, 2.75) is 6.92 Å². The molecule has 1 rings (SSSR count). The van der Waals surface area contributed by atoms with E-state index in [-0.39, 0.29) is 12.5 Å². The van der Waals surface area contributed by atoms with Crippen molar-refractivity contribution in [3.63, 3.8) is 0 Å². The van der Waals surface area contributed by atoms with Crippen molar-refractivity contribution in [2.75, 3.05) is 6.61 Å². The summed E-state index contributed by atoms with van der Waals surface area (Å²) in [6, 6.07) is 5.40. The molecule has 1 aromatic carbocycles. The lowest BCUT2D eigenvalue weighted by atomic mass is 10.2. The van der Waals surface area contributed by atoms with Crippen LogP contribution in [0.4, 0.5) is 0 Å². The van der Waals surface area contributed by atoms with Crippen molar-refractivity contribution in [3.8, 4) is 18.1 Å². The zero-order valence-corrected chi connectivity index (χ0v) is 10.8. The second-order valence-corrected chi connectivity index (χ2v) is 3.96. The fourth-order valence-corrected chi connectivity index (χ4v) is 1.54. The average molecular weight is 295 g/mol. The second kappa shape index (κ2) is 6.71. The molecule has 1 N–H and O–H groups in total. The van der Waals surface area contributed by atoms with Gasteiger partial charge in [-0.1, -0.05) is 5.92 Å². The number of carbonyl (C=O) groups excluding carboxylic acids is 1. The van der Waals surface area contributed by atoms with Crippen LogP contribution in [0.25, 0.3) is 0 Å². The van der Waals surface area contributed by atoms with Crippen molar-refractivity contribution in [1.82, 2.24) is 5.43 Å². The summed E-state index contributed by atoms with van der Waals surface area (Å²) in [6.07, 6.45) is 6.64. The van der Waals surface area contributed by atoms with Gasteiger partial charge >= 0.3 is 0 Å². The first kappa shape index (κ1) is 13.3. The van der Waals surface area contributed by atoms with Crippen LogP contribution in [0, 0.1) is 12.3 Å². The predicted octanol–water partition coefficient (Wildman–Crippen LogP) is 1.93.